The first-order valence-electron chi connectivity index (χ1n) is 9.77. The van der Waals surface area contributed by atoms with Crippen molar-refractivity contribution >= 4 is 35.8 Å². The molecule has 0 heterocycles. The maximum atomic E-state index is 12.9. The van der Waals surface area contributed by atoms with Gasteiger partial charge >= 0.3 is 0 Å². The van der Waals surface area contributed by atoms with Gasteiger partial charge < -0.3 is 25.4 Å². The number of amides is 1. The lowest BCUT2D eigenvalue weighted by Gasteiger charge is -2.19. The molecule has 3 N–H and O–H groups in total. The van der Waals surface area contributed by atoms with E-state index in [1.165, 1.54) is 12.1 Å². The molecule has 0 aliphatic carbocycles. The molecular formula is C22H30FIN4O3. The molecule has 31 heavy (non-hydrogen) atoms. The van der Waals surface area contributed by atoms with Crippen LogP contribution in [0.3, 0.4) is 0 Å². The third kappa shape index (κ3) is 9.86. The van der Waals surface area contributed by atoms with Gasteiger partial charge in [-0.05, 0) is 36.8 Å². The number of hydrogen-bond acceptors (Lipinski definition) is 4. The summed E-state index contributed by atoms with van der Waals surface area (Å²) in [4.78, 5) is 16.1. The Hall–Kier alpha value is -2.56. The summed E-state index contributed by atoms with van der Waals surface area (Å²) in [5, 5.41) is 9.14. The fourth-order valence-electron chi connectivity index (χ4n) is 2.67. The predicted molar refractivity (Wildman–Crippen MR) is 131 cm³/mol. The number of ether oxygens (including phenoxy) is 2. The standard InChI is InChI=1S/C22H29FN4O3.HI/c1-16(30-20-7-5-4-6-19(20)29-3)15-27-22(24-2)26-13-12-25-21(28)14-17-8-10-18(23)11-9-17;/h4-11,16H,12-15H2,1-3H3,(H,25,28)(H2,24,26,27);1H. The highest BCUT2D eigenvalue weighted by atomic mass is 127. The van der Waals surface area contributed by atoms with Crippen LogP contribution in [0.25, 0.3) is 0 Å². The van der Waals surface area contributed by atoms with Crippen molar-refractivity contribution in [2.45, 2.75) is 19.4 Å². The molecule has 0 aromatic heterocycles. The molecule has 9 heteroatoms. The Morgan fingerprint density at radius 3 is 2.32 bits per heavy atom. The normalized spacial score (nSPS) is 11.7. The Balaban J connectivity index is 0.00000480. The van der Waals surface area contributed by atoms with Crippen molar-refractivity contribution in [3.63, 3.8) is 0 Å². The molecule has 0 radical (unpaired) electrons. The summed E-state index contributed by atoms with van der Waals surface area (Å²) in [5.74, 6) is 1.54. The van der Waals surface area contributed by atoms with Gasteiger partial charge in [0.2, 0.25) is 5.91 Å². The topological polar surface area (TPSA) is 84.0 Å². The van der Waals surface area contributed by atoms with Crippen LogP contribution < -0.4 is 25.4 Å². The number of nitrogens with one attached hydrogen (secondary N) is 3. The van der Waals surface area contributed by atoms with Crippen molar-refractivity contribution in [2.75, 3.05) is 33.8 Å². The van der Waals surface area contributed by atoms with Gasteiger partial charge in [-0.25, -0.2) is 4.39 Å². The molecule has 0 fully saturated rings. The van der Waals surface area contributed by atoms with Crippen LogP contribution in [-0.2, 0) is 11.2 Å². The Labute approximate surface area is 199 Å². The number of para-hydroxylation sites is 2. The maximum Gasteiger partial charge on any atom is 0.224 e. The third-order valence-electron chi connectivity index (χ3n) is 4.20. The zero-order chi connectivity index (χ0) is 21.8. The van der Waals surface area contributed by atoms with E-state index in [9.17, 15) is 9.18 Å². The average Bonchev–Trinajstić information content (AvgIpc) is 2.75. The van der Waals surface area contributed by atoms with E-state index in [0.717, 1.165) is 5.56 Å². The smallest absolute Gasteiger partial charge is 0.224 e. The zero-order valence-electron chi connectivity index (χ0n) is 18.0. The first-order chi connectivity index (χ1) is 14.5. The number of rotatable bonds is 10. The molecule has 0 saturated heterocycles. The van der Waals surface area contributed by atoms with Crippen molar-refractivity contribution in [3.05, 3.63) is 59.9 Å². The van der Waals surface area contributed by atoms with Gasteiger partial charge in [-0.15, -0.1) is 24.0 Å². The Kier molecular flexibility index (Phi) is 12.3. The van der Waals surface area contributed by atoms with Crippen LogP contribution in [0.4, 0.5) is 4.39 Å². The SMILES string of the molecule is CN=C(NCCNC(=O)Cc1ccc(F)cc1)NCC(C)Oc1ccccc1OC.I. The van der Waals surface area contributed by atoms with Crippen molar-refractivity contribution in [1.82, 2.24) is 16.0 Å². The highest BCUT2D eigenvalue weighted by Crippen LogP contribution is 2.26. The first-order valence-corrected chi connectivity index (χ1v) is 9.77. The molecule has 170 valence electrons. The first kappa shape index (κ1) is 26.5. The molecule has 1 atom stereocenters. The largest absolute Gasteiger partial charge is 0.493 e. The molecule has 0 aliphatic heterocycles. The predicted octanol–water partition coefficient (Wildman–Crippen LogP) is 2.74. The van der Waals surface area contributed by atoms with Gasteiger partial charge in [0, 0.05) is 20.1 Å². The molecule has 1 unspecified atom stereocenters. The molecule has 2 aromatic rings. The fourth-order valence-corrected chi connectivity index (χ4v) is 2.67. The van der Waals surface area contributed by atoms with E-state index in [4.69, 9.17) is 9.47 Å². The van der Waals surface area contributed by atoms with E-state index in [0.29, 0.717) is 37.1 Å². The fraction of sp³-hybridized carbons (Fsp3) is 0.364. The quantitative estimate of drug-likeness (QED) is 0.186. The van der Waals surface area contributed by atoms with Crippen molar-refractivity contribution < 1.29 is 18.7 Å². The van der Waals surface area contributed by atoms with Gasteiger partial charge in [0.1, 0.15) is 11.9 Å². The highest BCUT2D eigenvalue weighted by Gasteiger charge is 2.09. The molecule has 2 rings (SSSR count). The minimum absolute atomic E-state index is 0. The van der Waals surface area contributed by atoms with Crippen LogP contribution in [0, 0.1) is 5.82 Å². The molecular weight excluding hydrogens is 514 g/mol. The van der Waals surface area contributed by atoms with Crippen LogP contribution in [0.1, 0.15) is 12.5 Å². The molecule has 0 bridgehead atoms. The zero-order valence-corrected chi connectivity index (χ0v) is 20.3. The van der Waals surface area contributed by atoms with Gasteiger partial charge in [-0.2, -0.15) is 0 Å². The van der Waals surface area contributed by atoms with Gasteiger partial charge in [-0.3, -0.25) is 9.79 Å². The lowest BCUT2D eigenvalue weighted by Crippen LogP contribution is -2.44. The van der Waals surface area contributed by atoms with E-state index in [2.05, 4.69) is 20.9 Å². The molecule has 0 spiro atoms. The summed E-state index contributed by atoms with van der Waals surface area (Å²) in [6.45, 7) is 3.43. The van der Waals surface area contributed by atoms with Gasteiger partial charge in [-0.1, -0.05) is 24.3 Å². The number of hydrogen-bond donors (Lipinski definition) is 3. The van der Waals surface area contributed by atoms with E-state index in [1.807, 2.05) is 31.2 Å². The van der Waals surface area contributed by atoms with E-state index < -0.39 is 0 Å². The summed E-state index contributed by atoms with van der Waals surface area (Å²) < 4.78 is 24.1. The van der Waals surface area contributed by atoms with Gasteiger partial charge in [0.05, 0.1) is 20.1 Å². The number of nitrogens with zero attached hydrogens (tertiary/aromatic N) is 1. The molecule has 0 saturated carbocycles. The Morgan fingerprint density at radius 1 is 1.03 bits per heavy atom. The number of guanidine groups is 1. The number of methoxy groups -OCH3 is 1. The molecule has 1 amide bonds. The third-order valence-corrected chi connectivity index (χ3v) is 4.20. The molecule has 2 aromatic carbocycles. The second-order valence-corrected chi connectivity index (χ2v) is 6.61. The summed E-state index contributed by atoms with van der Waals surface area (Å²) >= 11 is 0. The molecule has 0 aliphatic rings. The number of aliphatic imine (C=N–C) groups is 1. The maximum absolute atomic E-state index is 12.9. The lowest BCUT2D eigenvalue weighted by molar-refractivity contribution is -0.120. The van der Waals surface area contributed by atoms with Gasteiger partial charge in [0.25, 0.3) is 0 Å². The minimum Gasteiger partial charge on any atom is -0.493 e. The van der Waals surface area contributed by atoms with Crippen molar-refractivity contribution in [3.8, 4) is 11.5 Å². The van der Waals surface area contributed by atoms with Crippen LogP contribution in [0.15, 0.2) is 53.5 Å². The van der Waals surface area contributed by atoms with Crippen LogP contribution in [0.2, 0.25) is 0 Å². The summed E-state index contributed by atoms with van der Waals surface area (Å²) in [6.07, 6.45) is 0.0979. The Morgan fingerprint density at radius 2 is 1.68 bits per heavy atom. The van der Waals surface area contributed by atoms with Crippen molar-refractivity contribution in [1.29, 1.82) is 0 Å². The van der Waals surface area contributed by atoms with E-state index in [1.54, 1.807) is 26.3 Å². The lowest BCUT2D eigenvalue weighted by atomic mass is 10.1. The second kappa shape index (κ2) is 14.4. The Bertz CT molecular complexity index is 834. The number of carbonyl (C=O) groups excluding carboxylic acids is 1. The van der Waals surface area contributed by atoms with E-state index >= 15 is 0 Å². The number of halogens is 2. The van der Waals surface area contributed by atoms with Crippen LogP contribution in [0.5, 0.6) is 11.5 Å². The number of benzene rings is 2. The number of carbonyl (C=O) groups is 1. The summed E-state index contributed by atoms with van der Waals surface area (Å²) in [7, 11) is 3.28. The monoisotopic (exact) mass is 544 g/mol. The van der Waals surface area contributed by atoms with Crippen LogP contribution >= 0.6 is 24.0 Å². The molecule has 7 nitrogen and oxygen atoms in total. The van der Waals surface area contributed by atoms with Gasteiger partial charge in [0.15, 0.2) is 17.5 Å². The summed E-state index contributed by atoms with van der Waals surface area (Å²) in [5.41, 5.74) is 0.767. The minimum atomic E-state index is -0.315. The second-order valence-electron chi connectivity index (χ2n) is 6.61. The highest BCUT2D eigenvalue weighted by molar-refractivity contribution is 14.0. The van der Waals surface area contributed by atoms with Crippen molar-refractivity contribution in [2.24, 2.45) is 4.99 Å². The van der Waals surface area contributed by atoms with Crippen LogP contribution in [-0.4, -0.2) is 51.8 Å². The average molecular weight is 544 g/mol. The van der Waals surface area contributed by atoms with E-state index in [-0.39, 0.29) is 48.2 Å². The summed E-state index contributed by atoms with van der Waals surface area (Å²) in [6, 6.07) is 13.4.